The van der Waals surface area contributed by atoms with Crippen molar-refractivity contribution in [2.24, 2.45) is 0 Å². The first-order chi connectivity index (χ1) is 10.0. The fourth-order valence-electron chi connectivity index (χ4n) is 2.37. The Hall–Kier alpha value is -1.40. The van der Waals surface area contributed by atoms with Gasteiger partial charge in [0.1, 0.15) is 0 Å². The molecule has 1 aromatic rings. The summed E-state index contributed by atoms with van der Waals surface area (Å²) in [6.45, 7) is 5.12. The van der Waals surface area contributed by atoms with E-state index >= 15 is 0 Å². The largest absolute Gasteiger partial charge is 0.358 e. The van der Waals surface area contributed by atoms with Crippen molar-refractivity contribution in [3.8, 4) is 0 Å². The predicted octanol–water partition coefficient (Wildman–Crippen LogP) is 1.26. The van der Waals surface area contributed by atoms with Gasteiger partial charge in [0, 0.05) is 37.7 Å². The molecule has 114 valence electrons. The minimum absolute atomic E-state index is 0.0104. The number of likely N-dealkylation sites (N-methyl/N-ethyl adjacent to an activating group) is 1. The predicted molar refractivity (Wildman–Crippen MR) is 85.3 cm³/mol. The molecular formula is C15H20BrN3O2. The standard InChI is InChI=1S/C15H20BrN3O2/c1-11-4-3-5-12(14(11)16)15(21)19-8-6-18(7-9-19)10-13(20)17-2/h3-5H,6-10H2,1-2H3,(H,17,20). The van der Waals surface area contributed by atoms with Crippen molar-refractivity contribution in [1.82, 2.24) is 15.1 Å². The zero-order valence-corrected chi connectivity index (χ0v) is 13.9. The van der Waals surface area contributed by atoms with Crippen molar-refractivity contribution in [3.05, 3.63) is 33.8 Å². The molecule has 5 nitrogen and oxygen atoms in total. The smallest absolute Gasteiger partial charge is 0.255 e. The van der Waals surface area contributed by atoms with Crippen LogP contribution < -0.4 is 5.32 Å². The van der Waals surface area contributed by atoms with Gasteiger partial charge in [-0.3, -0.25) is 14.5 Å². The summed E-state index contributed by atoms with van der Waals surface area (Å²) in [7, 11) is 1.64. The molecule has 2 rings (SSSR count). The summed E-state index contributed by atoms with van der Waals surface area (Å²) in [5.74, 6) is 0.0568. The molecule has 1 aliphatic heterocycles. The summed E-state index contributed by atoms with van der Waals surface area (Å²) in [5, 5.41) is 2.62. The molecular weight excluding hydrogens is 334 g/mol. The average Bonchev–Trinajstić information content (AvgIpc) is 2.50. The molecule has 1 fully saturated rings. The van der Waals surface area contributed by atoms with E-state index in [9.17, 15) is 9.59 Å². The third-order valence-electron chi connectivity index (χ3n) is 3.73. The van der Waals surface area contributed by atoms with E-state index < -0.39 is 0 Å². The van der Waals surface area contributed by atoms with Crippen molar-refractivity contribution in [1.29, 1.82) is 0 Å². The Labute approximate surface area is 133 Å². The number of carbonyl (C=O) groups is 2. The average molecular weight is 354 g/mol. The summed E-state index contributed by atoms with van der Waals surface area (Å²) >= 11 is 3.49. The Kier molecular flexibility index (Phi) is 5.36. The Morgan fingerprint density at radius 3 is 2.52 bits per heavy atom. The van der Waals surface area contributed by atoms with E-state index in [0.717, 1.165) is 23.1 Å². The fraction of sp³-hybridized carbons (Fsp3) is 0.467. The second-order valence-electron chi connectivity index (χ2n) is 5.18. The van der Waals surface area contributed by atoms with Gasteiger partial charge in [0.25, 0.3) is 5.91 Å². The van der Waals surface area contributed by atoms with E-state index in [4.69, 9.17) is 0 Å². The van der Waals surface area contributed by atoms with Crippen LogP contribution in [0.1, 0.15) is 15.9 Å². The van der Waals surface area contributed by atoms with E-state index in [1.165, 1.54) is 0 Å². The molecule has 6 heteroatoms. The van der Waals surface area contributed by atoms with Gasteiger partial charge in [-0.05, 0) is 34.5 Å². The molecule has 0 atom stereocenters. The molecule has 0 radical (unpaired) electrons. The minimum atomic E-state index is 0.0104. The normalized spacial score (nSPS) is 15.9. The molecule has 0 aliphatic carbocycles. The Morgan fingerprint density at radius 1 is 1.24 bits per heavy atom. The van der Waals surface area contributed by atoms with Gasteiger partial charge in [0.2, 0.25) is 5.91 Å². The first-order valence-electron chi connectivity index (χ1n) is 7.00. The number of aryl methyl sites for hydroxylation is 1. The molecule has 0 unspecified atom stereocenters. The maximum Gasteiger partial charge on any atom is 0.255 e. The lowest BCUT2D eigenvalue weighted by Crippen LogP contribution is -2.50. The molecule has 1 aromatic carbocycles. The van der Waals surface area contributed by atoms with Gasteiger partial charge >= 0.3 is 0 Å². The summed E-state index contributed by atoms with van der Waals surface area (Å²) in [6.07, 6.45) is 0. The molecule has 0 aromatic heterocycles. The number of hydrogen-bond donors (Lipinski definition) is 1. The highest BCUT2D eigenvalue weighted by molar-refractivity contribution is 9.10. The third-order valence-corrected chi connectivity index (χ3v) is 4.78. The van der Waals surface area contributed by atoms with Crippen LogP contribution in [0.2, 0.25) is 0 Å². The quantitative estimate of drug-likeness (QED) is 0.889. The molecule has 0 bridgehead atoms. The lowest BCUT2D eigenvalue weighted by molar-refractivity contribution is -0.122. The lowest BCUT2D eigenvalue weighted by Gasteiger charge is -2.34. The van der Waals surface area contributed by atoms with Crippen LogP contribution in [0.25, 0.3) is 0 Å². The SMILES string of the molecule is CNC(=O)CN1CCN(C(=O)c2cccc(C)c2Br)CC1. The lowest BCUT2D eigenvalue weighted by atomic mass is 10.1. The van der Waals surface area contributed by atoms with Crippen LogP contribution in [0.15, 0.2) is 22.7 Å². The summed E-state index contributed by atoms with van der Waals surface area (Å²) in [6, 6.07) is 5.72. The van der Waals surface area contributed by atoms with Crippen LogP contribution in [0, 0.1) is 6.92 Å². The van der Waals surface area contributed by atoms with E-state index in [0.29, 0.717) is 25.2 Å². The Balaban J connectivity index is 1.97. The Morgan fingerprint density at radius 2 is 1.90 bits per heavy atom. The monoisotopic (exact) mass is 353 g/mol. The number of nitrogens with one attached hydrogen (secondary N) is 1. The number of rotatable bonds is 3. The first kappa shape index (κ1) is 16.0. The van der Waals surface area contributed by atoms with Gasteiger partial charge in [-0.25, -0.2) is 0 Å². The van der Waals surface area contributed by atoms with Gasteiger partial charge in [-0.2, -0.15) is 0 Å². The third kappa shape index (κ3) is 3.83. The maximum atomic E-state index is 12.6. The van der Waals surface area contributed by atoms with Crippen LogP contribution in [-0.4, -0.2) is 61.4 Å². The van der Waals surface area contributed by atoms with Crippen molar-refractivity contribution < 1.29 is 9.59 Å². The van der Waals surface area contributed by atoms with Gasteiger partial charge in [-0.15, -0.1) is 0 Å². The molecule has 2 amide bonds. The first-order valence-corrected chi connectivity index (χ1v) is 7.79. The van der Waals surface area contributed by atoms with Crippen LogP contribution in [-0.2, 0) is 4.79 Å². The van der Waals surface area contributed by atoms with Crippen LogP contribution in [0.4, 0.5) is 0 Å². The molecule has 0 saturated carbocycles. The maximum absolute atomic E-state index is 12.6. The number of carbonyl (C=O) groups excluding carboxylic acids is 2. The molecule has 1 N–H and O–H groups in total. The summed E-state index contributed by atoms with van der Waals surface area (Å²) < 4.78 is 0.864. The van der Waals surface area contributed by atoms with E-state index in [1.807, 2.05) is 30.0 Å². The second kappa shape index (κ2) is 7.04. The van der Waals surface area contributed by atoms with Gasteiger partial charge < -0.3 is 10.2 Å². The zero-order valence-electron chi connectivity index (χ0n) is 12.4. The van der Waals surface area contributed by atoms with Crippen LogP contribution >= 0.6 is 15.9 Å². The highest BCUT2D eigenvalue weighted by Crippen LogP contribution is 2.22. The van der Waals surface area contributed by atoms with E-state index in [-0.39, 0.29) is 11.8 Å². The molecule has 21 heavy (non-hydrogen) atoms. The molecule has 1 aliphatic rings. The van der Waals surface area contributed by atoms with Gasteiger partial charge in [0.15, 0.2) is 0 Å². The highest BCUT2D eigenvalue weighted by atomic mass is 79.9. The van der Waals surface area contributed by atoms with Crippen molar-refractivity contribution in [3.63, 3.8) is 0 Å². The van der Waals surface area contributed by atoms with Crippen LogP contribution in [0.5, 0.6) is 0 Å². The number of hydrogen-bond acceptors (Lipinski definition) is 3. The van der Waals surface area contributed by atoms with Crippen molar-refractivity contribution in [2.75, 3.05) is 39.8 Å². The van der Waals surface area contributed by atoms with Crippen molar-refractivity contribution >= 4 is 27.7 Å². The van der Waals surface area contributed by atoms with Gasteiger partial charge in [0.05, 0.1) is 12.1 Å². The van der Waals surface area contributed by atoms with Crippen LogP contribution in [0.3, 0.4) is 0 Å². The number of nitrogens with zero attached hydrogens (tertiary/aromatic N) is 2. The topological polar surface area (TPSA) is 52.7 Å². The highest BCUT2D eigenvalue weighted by Gasteiger charge is 2.24. The minimum Gasteiger partial charge on any atom is -0.358 e. The molecule has 1 heterocycles. The number of halogens is 1. The molecule has 1 saturated heterocycles. The summed E-state index contributed by atoms with van der Waals surface area (Å²) in [4.78, 5) is 27.8. The van der Waals surface area contributed by atoms with E-state index in [2.05, 4.69) is 26.1 Å². The molecule has 0 spiro atoms. The Bertz CT molecular complexity index is 540. The second-order valence-corrected chi connectivity index (χ2v) is 5.97. The van der Waals surface area contributed by atoms with Crippen molar-refractivity contribution in [2.45, 2.75) is 6.92 Å². The van der Waals surface area contributed by atoms with E-state index in [1.54, 1.807) is 7.05 Å². The number of piperazine rings is 1. The fourth-order valence-corrected chi connectivity index (χ4v) is 2.81. The summed E-state index contributed by atoms with van der Waals surface area (Å²) in [5.41, 5.74) is 1.76. The van der Waals surface area contributed by atoms with Gasteiger partial charge in [-0.1, -0.05) is 12.1 Å². The number of amides is 2. The zero-order chi connectivity index (χ0) is 15.4. The number of benzene rings is 1.